The van der Waals surface area contributed by atoms with E-state index in [2.05, 4.69) is 15.9 Å². The maximum absolute atomic E-state index is 13.2. The maximum Gasteiger partial charge on any atom is 0.227 e. The number of likely N-dealkylation sites (tertiary alicyclic amines) is 1. The van der Waals surface area contributed by atoms with Crippen LogP contribution in [0.4, 0.5) is 0 Å². The smallest absolute Gasteiger partial charge is 0.227 e. The van der Waals surface area contributed by atoms with Crippen molar-refractivity contribution in [2.45, 2.75) is 25.7 Å². The Morgan fingerprint density at radius 2 is 1.74 bits per heavy atom. The van der Waals surface area contributed by atoms with Crippen molar-refractivity contribution in [1.29, 1.82) is 0 Å². The SMILES string of the molecule is O=C(CC1(COc2ccc(Cl)cc2)CCCN(C(=O)Cc2ccccc2Br)C1)N1CCOCC1. The number of ether oxygens (including phenoxy) is 2. The van der Waals surface area contributed by atoms with Gasteiger partial charge in [-0.1, -0.05) is 45.7 Å². The van der Waals surface area contributed by atoms with Crippen LogP contribution in [0.5, 0.6) is 5.75 Å². The number of carbonyl (C=O) groups is 2. The summed E-state index contributed by atoms with van der Waals surface area (Å²) in [6.45, 7) is 3.91. The van der Waals surface area contributed by atoms with E-state index in [0.29, 0.717) is 69.6 Å². The van der Waals surface area contributed by atoms with E-state index in [1.54, 1.807) is 12.1 Å². The molecule has 0 radical (unpaired) electrons. The summed E-state index contributed by atoms with van der Waals surface area (Å²) in [5, 5.41) is 0.645. The fourth-order valence-corrected chi connectivity index (χ4v) is 5.21. The number of rotatable bonds is 7. The number of halogens is 2. The molecule has 182 valence electrons. The third-order valence-electron chi connectivity index (χ3n) is 6.56. The van der Waals surface area contributed by atoms with E-state index >= 15 is 0 Å². The number of amides is 2. The number of morpholine rings is 1. The largest absolute Gasteiger partial charge is 0.493 e. The second-order valence-corrected chi connectivity index (χ2v) is 10.4. The van der Waals surface area contributed by atoms with Crippen LogP contribution in [0.15, 0.2) is 53.0 Å². The van der Waals surface area contributed by atoms with E-state index < -0.39 is 5.41 Å². The predicted molar refractivity (Wildman–Crippen MR) is 135 cm³/mol. The molecule has 2 amide bonds. The Hall–Kier alpha value is -2.09. The van der Waals surface area contributed by atoms with Crippen molar-refractivity contribution in [2.75, 3.05) is 46.0 Å². The monoisotopic (exact) mass is 548 g/mol. The molecule has 0 spiro atoms. The second-order valence-electron chi connectivity index (χ2n) is 9.10. The number of carbonyl (C=O) groups excluding carboxylic acids is 2. The lowest BCUT2D eigenvalue weighted by molar-refractivity contribution is -0.143. The molecule has 2 aromatic rings. The van der Waals surface area contributed by atoms with Crippen LogP contribution in [-0.2, 0) is 20.7 Å². The van der Waals surface area contributed by atoms with Gasteiger partial charge in [-0.15, -0.1) is 0 Å². The van der Waals surface area contributed by atoms with Crippen LogP contribution in [0.1, 0.15) is 24.8 Å². The molecule has 8 heteroatoms. The summed E-state index contributed by atoms with van der Waals surface area (Å²) in [7, 11) is 0. The van der Waals surface area contributed by atoms with E-state index in [9.17, 15) is 9.59 Å². The molecule has 2 fully saturated rings. The first-order valence-electron chi connectivity index (χ1n) is 11.7. The molecule has 0 aliphatic carbocycles. The minimum absolute atomic E-state index is 0.0706. The number of hydrogen-bond donors (Lipinski definition) is 0. The topological polar surface area (TPSA) is 59.1 Å². The normalized spacial score (nSPS) is 20.8. The van der Waals surface area contributed by atoms with Crippen molar-refractivity contribution in [3.63, 3.8) is 0 Å². The van der Waals surface area contributed by atoms with Gasteiger partial charge in [-0.2, -0.15) is 0 Å². The highest BCUT2D eigenvalue weighted by molar-refractivity contribution is 9.10. The van der Waals surface area contributed by atoms with Gasteiger partial charge >= 0.3 is 0 Å². The third kappa shape index (κ3) is 6.52. The maximum atomic E-state index is 13.2. The molecule has 0 aromatic heterocycles. The summed E-state index contributed by atoms with van der Waals surface area (Å²) in [5.41, 5.74) is 0.516. The highest BCUT2D eigenvalue weighted by atomic mass is 79.9. The molecule has 0 bridgehead atoms. The molecule has 4 rings (SSSR count). The fraction of sp³-hybridized carbons (Fsp3) is 0.462. The minimum Gasteiger partial charge on any atom is -0.493 e. The van der Waals surface area contributed by atoms with Crippen LogP contribution in [0.3, 0.4) is 0 Å². The van der Waals surface area contributed by atoms with E-state index in [1.807, 2.05) is 46.2 Å². The first-order chi connectivity index (χ1) is 16.4. The zero-order valence-electron chi connectivity index (χ0n) is 19.2. The van der Waals surface area contributed by atoms with Crippen molar-refractivity contribution in [3.05, 3.63) is 63.6 Å². The summed E-state index contributed by atoms with van der Waals surface area (Å²) in [4.78, 5) is 30.2. The van der Waals surface area contributed by atoms with Gasteiger partial charge in [-0.3, -0.25) is 9.59 Å². The molecule has 2 heterocycles. The zero-order chi connectivity index (χ0) is 24.0. The number of hydrogen-bond acceptors (Lipinski definition) is 4. The molecule has 1 atom stereocenters. The molecule has 0 N–H and O–H groups in total. The van der Waals surface area contributed by atoms with Crippen LogP contribution < -0.4 is 4.74 Å². The Morgan fingerprint density at radius 1 is 1.00 bits per heavy atom. The number of benzene rings is 2. The van der Waals surface area contributed by atoms with Crippen LogP contribution in [0, 0.1) is 5.41 Å². The predicted octanol–water partition coefficient (Wildman–Crippen LogP) is 4.58. The Balaban J connectivity index is 1.49. The van der Waals surface area contributed by atoms with Crippen molar-refractivity contribution in [3.8, 4) is 5.75 Å². The van der Waals surface area contributed by atoms with Crippen molar-refractivity contribution in [1.82, 2.24) is 9.80 Å². The number of piperidine rings is 1. The minimum atomic E-state index is -0.448. The van der Waals surface area contributed by atoms with Crippen molar-refractivity contribution in [2.24, 2.45) is 5.41 Å². The third-order valence-corrected chi connectivity index (χ3v) is 7.59. The van der Waals surface area contributed by atoms with Gasteiger partial charge in [0.15, 0.2) is 0 Å². The van der Waals surface area contributed by atoms with Gasteiger partial charge in [-0.05, 0) is 48.7 Å². The van der Waals surface area contributed by atoms with E-state index in [1.165, 1.54) is 0 Å². The molecule has 0 saturated carbocycles. The lowest BCUT2D eigenvalue weighted by atomic mass is 9.77. The summed E-state index contributed by atoms with van der Waals surface area (Å²) in [6, 6.07) is 15.0. The second kappa shape index (κ2) is 11.6. The zero-order valence-corrected chi connectivity index (χ0v) is 21.5. The highest BCUT2D eigenvalue weighted by Crippen LogP contribution is 2.36. The van der Waals surface area contributed by atoms with Gasteiger partial charge in [0.1, 0.15) is 5.75 Å². The quantitative estimate of drug-likeness (QED) is 0.507. The van der Waals surface area contributed by atoms with E-state index in [0.717, 1.165) is 22.9 Å². The first kappa shape index (κ1) is 25.0. The van der Waals surface area contributed by atoms with Gasteiger partial charge in [0.2, 0.25) is 11.8 Å². The highest BCUT2D eigenvalue weighted by Gasteiger charge is 2.41. The standard InChI is InChI=1S/C26H30BrClN2O4/c27-23-5-2-1-4-20(23)16-24(31)30-11-3-10-26(18-30,17-25(32)29-12-14-33-15-13-29)19-34-22-8-6-21(28)7-9-22/h1-2,4-9H,3,10-19H2. The summed E-state index contributed by atoms with van der Waals surface area (Å²) in [5.74, 6) is 0.878. The molecule has 2 aliphatic rings. The van der Waals surface area contributed by atoms with Gasteiger partial charge in [-0.25, -0.2) is 0 Å². The van der Waals surface area contributed by atoms with Gasteiger partial charge in [0.05, 0.1) is 26.2 Å². The van der Waals surface area contributed by atoms with Crippen LogP contribution in [0.2, 0.25) is 5.02 Å². The van der Waals surface area contributed by atoms with Gasteiger partial charge in [0, 0.05) is 47.5 Å². The Morgan fingerprint density at radius 3 is 2.47 bits per heavy atom. The number of nitrogens with zero attached hydrogens (tertiary/aromatic N) is 2. The molecule has 6 nitrogen and oxygen atoms in total. The molecular formula is C26H30BrClN2O4. The molecule has 1 unspecified atom stereocenters. The molecule has 2 aromatic carbocycles. The molecular weight excluding hydrogens is 520 g/mol. The lowest BCUT2D eigenvalue weighted by Crippen LogP contribution is -2.52. The Kier molecular flexibility index (Phi) is 8.51. The lowest BCUT2D eigenvalue weighted by Gasteiger charge is -2.43. The summed E-state index contributed by atoms with van der Waals surface area (Å²) < 4.78 is 12.5. The average Bonchev–Trinajstić information content (AvgIpc) is 2.86. The summed E-state index contributed by atoms with van der Waals surface area (Å²) >= 11 is 9.55. The van der Waals surface area contributed by atoms with Crippen LogP contribution >= 0.6 is 27.5 Å². The summed E-state index contributed by atoms with van der Waals surface area (Å²) in [6.07, 6.45) is 2.34. The average molecular weight is 550 g/mol. The fourth-order valence-electron chi connectivity index (χ4n) is 4.66. The van der Waals surface area contributed by atoms with Crippen LogP contribution in [-0.4, -0.2) is 67.6 Å². The van der Waals surface area contributed by atoms with Crippen molar-refractivity contribution >= 4 is 39.3 Å². The molecule has 34 heavy (non-hydrogen) atoms. The molecule has 2 aliphatic heterocycles. The molecule has 2 saturated heterocycles. The van der Waals surface area contributed by atoms with Crippen LogP contribution in [0.25, 0.3) is 0 Å². The van der Waals surface area contributed by atoms with Gasteiger partial charge < -0.3 is 19.3 Å². The van der Waals surface area contributed by atoms with E-state index in [-0.39, 0.29) is 11.8 Å². The van der Waals surface area contributed by atoms with E-state index in [4.69, 9.17) is 21.1 Å². The van der Waals surface area contributed by atoms with Gasteiger partial charge in [0.25, 0.3) is 0 Å². The van der Waals surface area contributed by atoms with Crippen molar-refractivity contribution < 1.29 is 19.1 Å². The Labute approximate surface area is 214 Å². The Bertz CT molecular complexity index is 997. The first-order valence-corrected chi connectivity index (χ1v) is 12.9.